The van der Waals surface area contributed by atoms with Gasteiger partial charge in [-0.1, -0.05) is 0 Å². The molecular formula is C10H20NO3+. The van der Waals surface area contributed by atoms with Gasteiger partial charge in [0.05, 0.1) is 13.2 Å². The van der Waals surface area contributed by atoms with Crippen molar-refractivity contribution in [2.24, 2.45) is 0 Å². The van der Waals surface area contributed by atoms with Gasteiger partial charge in [-0.3, -0.25) is 0 Å². The second-order valence-corrected chi connectivity index (χ2v) is 4.63. The minimum Gasteiger partial charge on any atom is -0.456 e. The van der Waals surface area contributed by atoms with Crippen LogP contribution in [0.25, 0.3) is 0 Å². The quantitative estimate of drug-likeness (QED) is 0.599. The van der Waals surface area contributed by atoms with Gasteiger partial charge in [-0.25, -0.2) is 4.79 Å². The van der Waals surface area contributed by atoms with Crippen LogP contribution in [0.5, 0.6) is 0 Å². The Balaban J connectivity index is 2.25. The van der Waals surface area contributed by atoms with Crippen LogP contribution in [-0.2, 0) is 14.3 Å². The minimum atomic E-state index is -0.372. The molecule has 1 aliphatic rings. The van der Waals surface area contributed by atoms with Gasteiger partial charge >= 0.3 is 5.97 Å². The van der Waals surface area contributed by atoms with Crippen LogP contribution in [0.1, 0.15) is 20.8 Å². The monoisotopic (exact) mass is 202 g/mol. The molecule has 0 aromatic heterocycles. The first-order chi connectivity index (χ1) is 6.47. The van der Waals surface area contributed by atoms with E-state index in [4.69, 9.17) is 9.47 Å². The van der Waals surface area contributed by atoms with Crippen molar-refractivity contribution in [3.8, 4) is 0 Å². The first-order valence-corrected chi connectivity index (χ1v) is 5.10. The summed E-state index contributed by atoms with van der Waals surface area (Å²) >= 11 is 0. The number of quaternary nitrogens is 1. The lowest BCUT2D eigenvalue weighted by Gasteiger charge is -2.25. The van der Waals surface area contributed by atoms with Gasteiger partial charge in [-0.05, 0) is 20.8 Å². The molecule has 4 heteroatoms. The van der Waals surface area contributed by atoms with Crippen molar-refractivity contribution in [3.63, 3.8) is 0 Å². The third-order valence-electron chi connectivity index (χ3n) is 2.01. The van der Waals surface area contributed by atoms with Gasteiger partial charge in [-0.2, -0.15) is 0 Å². The molecule has 4 nitrogen and oxygen atoms in total. The average Bonchev–Trinajstić information content (AvgIpc) is 2.02. The van der Waals surface area contributed by atoms with Crippen molar-refractivity contribution in [1.29, 1.82) is 0 Å². The second kappa shape index (κ2) is 4.75. The maximum Gasteiger partial charge on any atom is 0.362 e. The molecule has 1 saturated heterocycles. The molecule has 14 heavy (non-hydrogen) atoms. The number of morpholine rings is 1. The number of hydrogen-bond acceptors (Lipinski definition) is 3. The van der Waals surface area contributed by atoms with E-state index in [0.717, 1.165) is 26.3 Å². The van der Waals surface area contributed by atoms with Crippen LogP contribution in [-0.4, -0.2) is 44.4 Å². The lowest BCUT2D eigenvalue weighted by Crippen LogP contribution is -3.15. The molecule has 1 heterocycles. The normalized spacial score (nSPS) is 19.4. The Morgan fingerprint density at radius 3 is 2.43 bits per heavy atom. The summed E-state index contributed by atoms with van der Waals surface area (Å²) in [5.74, 6) is -0.116. The van der Waals surface area contributed by atoms with Crippen molar-refractivity contribution < 1.29 is 19.2 Å². The minimum absolute atomic E-state index is 0.116. The van der Waals surface area contributed by atoms with Crippen LogP contribution in [0.2, 0.25) is 0 Å². The Hall–Kier alpha value is -0.610. The molecule has 0 spiro atoms. The third-order valence-corrected chi connectivity index (χ3v) is 2.01. The molecule has 0 amide bonds. The lowest BCUT2D eigenvalue weighted by molar-refractivity contribution is -0.900. The first-order valence-electron chi connectivity index (χ1n) is 5.10. The van der Waals surface area contributed by atoms with E-state index in [-0.39, 0.29) is 11.6 Å². The fourth-order valence-electron chi connectivity index (χ4n) is 1.42. The first kappa shape index (κ1) is 11.5. The number of ether oxygens (including phenoxy) is 2. The molecular weight excluding hydrogens is 182 g/mol. The summed E-state index contributed by atoms with van der Waals surface area (Å²) in [6.07, 6.45) is 0. The highest BCUT2D eigenvalue weighted by Gasteiger charge is 2.22. The number of rotatable bonds is 2. The van der Waals surface area contributed by atoms with Gasteiger partial charge in [0.2, 0.25) is 0 Å². The Bertz CT molecular complexity index is 192. The van der Waals surface area contributed by atoms with Gasteiger partial charge < -0.3 is 14.4 Å². The predicted molar refractivity (Wildman–Crippen MR) is 52.2 cm³/mol. The topological polar surface area (TPSA) is 40.0 Å². The average molecular weight is 202 g/mol. The number of hydrogen-bond donors (Lipinski definition) is 1. The van der Waals surface area contributed by atoms with Gasteiger partial charge in [-0.15, -0.1) is 0 Å². The zero-order valence-corrected chi connectivity index (χ0v) is 9.26. The fourth-order valence-corrected chi connectivity index (χ4v) is 1.42. The van der Waals surface area contributed by atoms with E-state index >= 15 is 0 Å². The number of nitrogens with one attached hydrogen (secondary N) is 1. The van der Waals surface area contributed by atoms with Crippen LogP contribution >= 0.6 is 0 Å². The van der Waals surface area contributed by atoms with E-state index in [1.165, 1.54) is 4.90 Å². The summed E-state index contributed by atoms with van der Waals surface area (Å²) in [7, 11) is 0. The van der Waals surface area contributed by atoms with Crippen molar-refractivity contribution in [2.45, 2.75) is 26.4 Å². The highest BCUT2D eigenvalue weighted by molar-refractivity contribution is 5.70. The molecule has 1 aliphatic heterocycles. The third kappa shape index (κ3) is 4.58. The number of esters is 1. The van der Waals surface area contributed by atoms with Crippen LogP contribution < -0.4 is 4.90 Å². The molecule has 1 rings (SSSR count). The van der Waals surface area contributed by atoms with E-state index in [1.807, 2.05) is 20.8 Å². The van der Waals surface area contributed by atoms with Gasteiger partial charge in [0, 0.05) is 0 Å². The van der Waals surface area contributed by atoms with Gasteiger partial charge in [0.1, 0.15) is 18.7 Å². The molecule has 0 unspecified atom stereocenters. The van der Waals surface area contributed by atoms with E-state index < -0.39 is 0 Å². The molecule has 0 aromatic carbocycles. The predicted octanol–water partition coefficient (Wildman–Crippen LogP) is -0.757. The number of carbonyl (C=O) groups is 1. The van der Waals surface area contributed by atoms with E-state index in [9.17, 15) is 4.79 Å². The Kier molecular flexibility index (Phi) is 3.89. The summed E-state index contributed by atoms with van der Waals surface area (Å²) in [5.41, 5.74) is -0.372. The molecule has 82 valence electrons. The highest BCUT2D eigenvalue weighted by atomic mass is 16.6. The van der Waals surface area contributed by atoms with Crippen molar-refractivity contribution >= 4 is 5.97 Å². The van der Waals surface area contributed by atoms with Crippen molar-refractivity contribution in [2.75, 3.05) is 32.8 Å². The smallest absolute Gasteiger partial charge is 0.362 e. The molecule has 0 aliphatic carbocycles. The van der Waals surface area contributed by atoms with E-state index in [2.05, 4.69) is 0 Å². The molecule has 1 fully saturated rings. The van der Waals surface area contributed by atoms with Crippen LogP contribution in [0, 0.1) is 0 Å². The molecule has 0 atom stereocenters. The molecule has 1 N–H and O–H groups in total. The van der Waals surface area contributed by atoms with E-state index in [1.54, 1.807) is 0 Å². The van der Waals surface area contributed by atoms with Crippen molar-refractivity contribution in [3.05, 3.63) is 0 Å². The Labute approximate surface area is 85.2 Å². The van der Waals surface area contributed by atoms with Crippen LogP contribution in [0.15, 0.2) is 0 Å². The van der Waals surface area contributed by atoms with Gasteiger partial charge in [0.15, 0.2) is 6.54 Å². The van der Waals surface area contributed by atoms with Crippen LogP contribution in [0.4, 0.5) is 0 Å². The summed E-state index contributed by atoms with van der Waals surface area (Å²) in [6.45, 7) is 9.42. The summed E-state index contributed by atoms with van der Waals surface area (Å²) in [6, 6.07) is 0. The Morgan fingerprint density at radius 2 is 1.93 bits per heavy atom. The maximum absolute atomic E-state index is 11.4. The Morgan fingerprint density at radius 1 is 1.36 bits per heavy atom. The zero-order valence-electron chi connectivity index (χ0n) is 9.26. The van der Waals surface area contributed by atoms with Crippen molar-refractivity contribution in [1.82, 2.24) is 0 Å². The maximum atomic E-state index is 11.4. The summed E-state index contributed by atoms with van der Waals surface area (Å²) in [4.78, 5) is 12.7. The molecule has 0 saturated carbocycles. The number of carbonyl (C=O) groups excluding carboxylic acids is 1. The largest absolute Gasteiger partial charge is 0.456 e. The zero-order chi connectivity index (χ0) is 10.6. The van der Waals surface area contributed by atoms with Crippen LogP contribution in [0.3, 0.4) is 0 Å². The molecule has 0 bridgehead atoms. The molecule has 0 aromatic rings. The molecule has 0 radical (unpaired) electrons. The SMILES string of the molecule is CC(C)(C)OC(=O)C[NH+]1CCOCC1. The summed E-state index contributed by atoms with van der Waals surface area (Å²) < 4.78 is 10.4. The summed E-state index contributed by atoms with van der Waals surface area (Å²) in [5, 5.41) is 0. The fraction of sp³-hybridized carbons (Fsp3) is 0.900. The highest BCUT2D eigenvalue weighted by Crippen LogP contribution is 2.05. The van der Waals surface area contributed by atoms with Gasteiger partial charge in [0.25, 0.3) is 0 Å². The lowest BCUT2D eigenvalue weighted by atomic mass is 10.2. The second-order valence-electron chi connectivity index (χ2n) is 4.63. The van der Waals surface area contributed by atoms with E-state index in [0.29, 0.717) is 6.54 Å². The standard InChI is InChI=1S/C10H19NO3/c1-10(2,3)14-9(12)8-11-4-6-13-7-5-11/h4-8H2,1-3H3/p+1.